The maximum Gasteiger partial charge on any atom is 0.142 e. The topological polar surface area (TPSA) is 12.0 Å². The Morgan fingerprint density at radius 2 is 2.33 bits per heavy atom. The molecule has 0 fully saturated rings. The van der Waals surface area contributed by atoms with Crippen LogP contribution in [0.4, 0.5) is 4.39 Å². The minimum atomic E-state index is -0.398. The molecule has 0 heterocycles. The van der Waals surface area contributed by atoms with Crippen molar-refractivity contribution in [3.63, 3.8) is 0 Å². The minimum absolute atomic E-state index is 0.0312. The highest BCUT2D eigenvalue weighted by Gasteiger charge is 2.03. The third-order valence-electron chi connectivity index (χ3n) is 2.15. The first-order chi connectivity index (χ1) is 7.17. The molecule has 1 N–H and O–H groups in total. The number of nitrogens with one attached hydrogen (secondary N) is 1. The lowest BCUT2D eigenvalue weighted by Crippen LogP contribution is -2.26. The summed E-state index contributed by atoms with van der Waals surface area (Å²) in [4.78, 5) is 0. The molecule has 0 spiro atoms. The number of halogens is 2. The Hall–Kier alpha value is -1.04. The van der Waals surface area contributed by atoms with Crippen molar-refractivity contribution in [1.29, 1.82) is 0 Å². The van der Waals surface area contributed by atoms with Gasteiger partial charge in [-0.1, -0.05) is 30.5 Å². The summed E-state index contributed by atoms with van der Waals surface area (Å²) in [7, 11) is 0. The average molecular weight is 226 g/mol. The van der Waals surface area contributed by atoms with E-state index in [9.17, 15) is 4.39 Å². The van der Waals surface area contributed by atoms with Crippen LogP contribution in [0.1, 0.15) is 18.9 Å². The molecule has 0 aliphatic rings. The van der Waals surface area contributed by atoms with E-state index in [0.717, 1.165) is 12.0 Å². The first-order valence-corrected chi connectivity index (χ1v) is 5.18. The van der Waals surface area contributed by atoms with Crippen molar-refractivity contribution in [2.75, 3.05) is 0 Å². The molecule has 15 heavy (non-hydrogen) atoms. The third kappa shape index (κ3) is 3.54. The molecule has 80 valence electrons. The van der Waals surface area contributed by atoms with Crippen molar-refractivity contribution in [2.24, 2.45) is 0 Å². The largest absolute Gasteiger partial charge is 0.300 e. The van der Waals surface area contributed by atoms with Crippen LogP contribution in [0.2, 0.25) is 5.02 Å². The molecule has 1 rings (SSSR count). The van der Waals surface area contributed by atoms with Crippen LogP contribution in [0, 0.1) is 18.2 Å². The number of terminal acetylenes is 1. The molecule has 1 aromatic carbocycles. The summed E-state index contributed by atoms with van der Waals surface area (Å²) < 4.78 is 13.1. The van der Waals surface area contributed by atoms with Crippen LogP contribution in [0.25, 0.3) is 0 Å². The van der Waals surface area contributed by atoms with Crippen LogP contribution in [0.15, 0.2) is 18.2 Å². The molecule has 1 unspecified atom stereocenters. The minimum Gasteiger partial charge on any atom is -0.300 e. The summed E-state index contributed by atoms with van der Waals surface area (Å²) in [5, 5.41) is 3.28. The molecule has 0 saturated heterocycles. The van der Waals surface area contributed by atoms with Crippen molar-refractivity contribution >= 4 is 11.6 Å². The summed E-state index contributed by atoms with van der Waals surface area (Å²) in [6, 6.07) is 4.77. The molecule has 1 nitrogen and oxygen atoms in total. The van der Waals surface area contributed by atoms with E-state index in [1.54, 1.807) is 12.1 Å². The number of rotatable bonds is 4. The standard InChI is InChI=1S/C12H13ClFN/c1-3-10(4-2)15-8-9-5-6-11(13)12(14)7-9/h1,5-7,10,15H,4,8H2,2H3. The zero-order valence-electron chi connectivity index (χ0n) is 8.56. The second-order valence-electron chi connectivity index (χ2n) is 3.26. The molecule has 0 amide bonds. The first-order valence-electron chi connectivity index (χ1n) is 4.80. The van der Waals surface area contributed by atoms with Crippen LogP contribution < -0.4 is 5.32 Å². The summed E-state index contributed by atoms with van der Waals surface area (Å²) in [5.74, 6) is 2.22. The Labute approximate surface area is 94.6 Å². The zero-order chi connectivity index (χ0) is 11.3. The van der Waals surface area contributed by atoms with E-state index in [4.69, 9.17) is 18.0 Å². The van der Waals surface area contributed by atoms with Crippen LogP contribution in [-0.4, -0.2) is 6.04 Å². The van der Waals surface area contributed by atoms with Crippen molar-refractivity contribution in [2.45, 2.75) is 25.9 Å². The quantitative estimate of drug-likeness (QED) is 0.777. The van der Waals surface area contributed by atoms with Crippen molar-refractivity contribution in [3.05, 3.63) is 34.6 Å². The number of hydrogen-bond acceptors (Lipinski definition) is 1. The fourth-order valence-corrected chi connectivity index (χ4v) is 1.33. The highest BCUT2D eigenvalue weighted by molar-refractivity contribution is 6.30. The Bertz CT molecular complexity index is 370. The third-order valence-corrected chi connectivity index (χ3v) is 2.45. The van der Waals surface area contributed by atoms with Gasteiger partial charge in [-0.3, -0.25) is 5.32 Å². The Balaban J connectivity index is 2.59. The molecule has 0 radical (unpaired) electrons. The smallest absolute Gasteiger partial charge is 0.142 e. The van der Waals surface area contributed by atoms with E-state index >= 15 is 0 Å². The predicted molar refractivity (Wildman–Crippen MR) is 61.2 cm³/mol. The van der Waals surface area contributed by atoms with Gasteiger partial charge in [-0.05, 0) is 24.1 Å². The maximum atomic E-state index is 13.1. The molecule has 1 atom stereocenters. The second kappa shape index (κ2) is 5.75. The van der Waals surface area contributed by atoms with Gasteiger partial charge in [0.25, 0.3) is 0 Å². The van der Waals surface area contributed by atoms with Gasteiger partial charge in [-0.25, -0.2) is 4.39 Å². The molecule has 0 aliphatic carbocycles. The van der Waals surface area contributed by atoms with Crippen molar-refractivity contribution in [3.8, 4) is 12.3 Å². The van der Waals surface area contributed by atoms with Crippen molar-refractivity contribution in [1.82, 2.24) is 5.32 Å². The monoisotopic (exact) mass is 225 g/mol. The lowest BCUT2D eigenvalue weighted by atomic mass is 10.2. The Morgan fingerprint density at radius 3 is 2.87 bits per heavy atom. The SMILES string of the molecule is C#CC(CC)NCc1ccc(Cl)c(F)c1. The predicted octanol–water partition coefficient (Wildman–Crippen LogP) is 2.98. The molecule has 3 heteroatoms. The van der Waals surface area contributed by atoms with Gasteiger partial charge < -0.3 is 0 Å². The molecular formula is C12H13ClFN. The fourth-order valence-electron chi connectivity index (χ4n) is 1.21. The van der Waals surface area contributed by atoms with Gasteiger partial charge >= 0.3 is 0 Å². The number of hydrogen-bond donors (Lipinski definition) is 1. The summed E-state index contributed by atoms with van der Waals surface area (Å²) in [6.07, 6.45) is 6.15. The van der Waals surface area contributed by atoms with Gasteiger partial charge in [-0.15, -0.1) is 6.42 Å². The summed E-state index contributed by atoms with van der Waals surface area (Å²) in [5.41, 5.74) is 0.839. The van der Waals surface area contributed by atoms with Gasteiger partial charge in [0.1, 0.15) is 5.82 Å². The molecule has 0 saturated carbocycles. The molecule has 0 bridgehead atoms. The molecule has 0 aliphatic heterocycles. The number of benzene rings is 1. The molecule has 1 aromatic rings. The normalized spacial score (nSPS) is 12.1. The Morgan fingerprint density at radius 1 is 1.60 bits per heavy atom. The van der Waals surface area contributed by atoms with Gasteiger partial charge in [0.2, 0.25) is 0 Å². The molecular weight excluding hydrogens is 213 g/mol. The van der Waals surface area contributed by atoms with E-state index < -0.39 is 5.82 Å². The maximum absolute atomic E-state index is 13.1. The first kappa shape index (κ1) is 12.0. The summed E-state index contributed by atoms with van der Waals surface area (Å²) in [6.45, 7) is 2.55. The van der Waals surface area contributed by atoms with Gasteiger partial charge in [0.15, 0.2) is 0 Å². The lowest BCUT2D eigenvalue weighted by Gasteiger charge is -2.10. The highest BCUT2D eigenvalue weighted by atomic mass is 35.5. The van der Waals surface area contributed by atoms with Crippen LogP contribution >= 0.6 is 11.6 Å². The van der Waals surface area contributed by atoms with Gasteiger partial charge in [0.05, 0.1) is 11.1 Å². The van der Waals surface area contributed by atoms with Gasteiger partial charge in [0, 0.05) is 6.54 Å². The summed E-state index contributed by atoms with van der Waals surface area (Å²) >= 11 is 5.57. The second-order valence-corrected chi connectivity index (χ2v) is 3.66. The Kier molecular flexibility index (Phi) is 4.61. The van der Waals surface area contributed by atoms with E-state index in [-0.39, 0.29) is 11.1 Å². The fraction of sp³-hybridized carbons (Fsp3) is 0.333. The molecule has 0 aromatic heterocycles. The van der Waals surface area contributed by atoms with E-state index in [2.05, 4.69) is 11.2 Å². The van der Waals surface area contributed by atoms with E-state index in [1.165, 1.54) is 6.07 Å². The van der Waals surface area contributed by atoms with Crippen LogP contribution in [0.3, 0.4) is 0 Å². The highest BCUT2D eigenvalue weighted by Crippen LogP contribution is 2.15. The van der Waals surface area contributed by atoms with Crippen LogP contribution in [0.5, 0.6) is 0 Å². The lowest BCUT2D eigenvalue weighted by molar-refractivity contribution is 0.585. The van der Waals surface area contributed by atoms with Crippen molar-refractivity contribution < 1.29 is 4.39 Å². The van der Waals surface area contributed by atoms with Gasteiger partial charge in [-0.2, -0.15) is 0 Å². The van der Waals surface area contributed by atoms with Crippen LogP contribution in [-0.2, 0) is 6.54 Å². The van der Waals surface area contributed by atoms with E-state index in [1.807, 2.05) is 6.92 Å². The average Bonchev–Trinajstić information content (AvgIpc) is 2.24. The zero-order valence-corrected chi connectivity index (χ0v) is 9.31. The van der Waals surface area contributed by atoms with E-state index in [0.29, 0.717) is 6.54 Å².